The molecule has 1 aliphatic rings. The number of hydrogen-bond acceptors (Lipinski definition) is 7. The summed E-state index contributed by atoms with van der Waals surface area (Å²) in [5.41, 5.74) is 6.54. The average Bonchev–Trinajstić information content (AvgIpc) is 3.34. The number of hydrogen-bond donors (Lipinski definition) is 1. The highest BCUT2D eigenvalue weighted by Gasteiger charge is 2.35. The predicted molar refractivity (Wildman–Crippen MR) is 135 cm³/mol. The van der Waals surface area contributed by atoms with Crippen molar-refractivity contribution < 1.29 is 45.2 Å². The van der Waals surface area contributed by atoms with Crippen LogP contribution in [0.25, 0.3) is 11.1 Å². The first-order valence-corrected chi connectivity index (χ1v) is 13.8. The Morgan fingerprint density at radius 1 is 1.20 bits per heavy atom. The lowest BCUT2D eigenvalue weighted by molar-refractivity contribution is -0.275. The Morgan fingerprint density at radius 2 is 1.95 bits per heavy atom. The normalized spacial score (nSPS) is 18.1. The number of nitrogens with zero attached hydrogens (tertiary/aromatic N) is 4. The molecule has 1 unspecified atom stereocenters. The SMILES string of the molecule is CS(=O)Cn1cc(-c2cnc(O[C@H]3CCN(C(=O)Cc4ccc(OC(F)(F)F)c(F)c4)C[C@@H]3F)c(C(N)=O)c2)cn1. The van der Waals surface area contributed by atoms with Gasteiger partial charge in [0.1, 0.15) is 17.5 Å². The van der Waals surface area contributed by atoms with E-state index in [0.29, 0.717) is 11.1 Å². The molecule has 2 N–H and O–H groups in total. The van der Waals surface area contributed by atoms with Crippen LogP contribution in [0, 0.1) is 5.82 Å². The summed E-state index contributed by atoms with van der Waals surface area (Å²) in [6.07, 6.45) is -2.12. The fourth-order valence-corrected chi connectivity index (χ4v) is 4.70. The molecule has 0 bridgehead atoms. The first kappa shape index (κ1) is 29.9. The zero-order valence-corrected chi connectivity index (χ0v) is 22.3. The van der Waals surface area contributed by atoms with E-state index in [1.807, 2.05) is 0 Å². The van der Waals surface area contributed by atoms with Gasteiger partial charge >= 0.3 is 6.36 Å². The van der Waals surface area contributed by atoms with Crippen molar-refractivity contribution in [3.8, 4) is 22.8 Å². The summed E-state index contributed by atoms with van der Waals surface area (Å²) in [4.78, 5) is 30.1. The Bertz CT molecular complexity index is 1470. The van der Waals surface area contributed by atoms with Gasteiger partial charge in [-0.2, -0.15) is 5.10 Å². The Morgan fingerprint density at radius 3 is 2.59 bits per heavy atom. The lowest BCUT2D eigenvalue weighted by atomic mass is 10.0. The molecule has 0 radical (unpaired) electrons. The molecule has 1 fully saturated rings. The fourth-order valence-electron chi connectivity index (χ4n) is 4.18. The van der Waals surface area contributed by atoms with Gasteiger partial charge in [0.15, 0.2) is 17.7 Å². The number of primary amides is 1. The van der Waals surface area contributed by atoms with E-state index in [1.54, 1.807) is 6.20 Å². The number of halogens is 5. The van der Waals surface area contributed by atoms with Crippen LogP contribution in [0.4, 0.5) is 22.0 Å². The second kappa shape index (κ2) is 12.2. The number of benzene rings is 1. The molecule has 1 saturated heterocycles. The molecule has 1 aliphatic heterocycles. The molecule has 2 aromatic heterocycles. The molecule has 0 saturated carbocycles. The molecule has 10 nitrogen and oxygen atoms in total. The van der Waals surface area contributed by atoms with Crippen LogP contribution in [0.15, 0.2) is 42.9 Å². The Hall–Kier alpha value is -4.08. The number of aromatic nitrogens is 3. The van der Waals surface area contributed by atoms with Crippen molar-refractivity contribution in [2.24, 2.45) is 5.73 Å². The summed E-state index contributed by atoms with van der Waals surface area (Å²) in [5.74, 6) is -3.76. The molecule has 41 heavy (non-hydrogen) atoms. The van der Waals surface area contributed by atoms with E-state index < -0.39 is 52.8 Å². The number of rotatable bonds is 9. The molecular weight excluding hydrogens is 577 g/mol. The Kier molecular flexibility index (Phi) is 8.89. The molecule has 4 rings (SSSR count). The number of alkyl halides is 4. The number of carbonyl (C=O) groups excluding carboxylic acids is 2. The Balaban J connectivity index is 1.39. The molecule has 2 amide bonds. The van der Waals surface area contributed by atoms with E-state index in [2.05, 4.69) is 14.8 Å². The molecule has 3 heterocycles. The lowest BCUT2D eigenvalue weighted by Crippen LogP contribution is -2.49. The van der Waals surface area contributed by atoms with Crippen LogP contribution in [0.5, 0.6) is 11.6 Å². The number of carbonyl (C=O) groups is 2. The minimum atomic E-state index is -5.07. The van der Waals surface area contributed by atoms with Crippen LogP contribution in [0.2, 0.25) is 0 Å². The summed E-state index contributed by atoms with van der Waals surface area (Å²) in [6, 6.07) is 4.04. The highest BCUT2D eigenvalue weighted by atomic mass is 32.2. The summed E-state index contributed by atoms with van der Waals surface area (Å²) in [5, 5.41) is 4.10. The standard InChI is InChI=1S/C25H24F5N5O5S/c1-41(38)13-35-11-16(10-33-35)15-8-17(23(31)37)24(32-9-15)39-20-4-5-34(12-19(20)27)22(36)7-14-2-3-21(18(26)6-14)40-25(28,29)30/h2-3,6,8-11,19-20H,4-5,7,12-13H2,1H3,(H2,31,37)/t19-,20-,41?/m0/s1. The van der Waals surface area contributed by atoms with E-state index in [0.717, 1.165) is 18.2 Å². The molecule has 3 aromatic rings. The van der Waals surface area contributed by atoms with Gasteiger partial charge in [-0.3, -0.25) is 18.5 Å². The third kappa shape index (κ3) is 7.77. The number of piperidine rings is 1. The number of amides is 2. The maximum atomic E-state index is 15.1. The van der Waals surface area contributed by atoms with Crippen molar-refractivity contribution in [2.45, 2.75) is 37.4 Å². The fraction of sp³-hybridized carbons (Fsp3) is 0.360. The monoisotopic (exact) mass is 601 g/mol. The van der Waals surface area contributed by atoms with Crippen molar-refractivity contribution in [1.82, 2.24) is 19.7 Å². The molecular formula is C25H24F5N5O5S. The van der Waals surface area contributed by atoms with Crippen LogP contribution in [0.3, 0.4) is 0 Å². The molecule has 0 aliphatic carbocycles. The molecule has 1 aromatic carbocycles. The highest BCUT2D eigenvalue weighted by molar-refractivity contribution is 7.83. The predicted octanol–water partition coefficient (Wildman–Crippen LogP) is 2.98. The third-order valence-corrected chi connectivity index (χ3v) is 6.70. The van der Waals surface area contributed by atoms with E-state index >= 15 is 4.39 Å². The van der Waals surface area contributed by atoms with Crippen molar-refractivity contribution in [2.75, 3.05) is 19.3 Å². The van der Waals surface area contributed by atoms with Gasteiger partial charge in [0.2, 0.25) is 11.8 Å². The zero-order valence-electron chi connectivity index (χ0n) is 21.4. The summed E-state index contributed by atoms with van der Waals surface area (Å²) < 4.78 is 88.2. The first-order chi connectivity index (χ1) is 19.3. The van der Waals surface area contributed by atoms with Gasteiger partial charge in [0.05, 0.1) is 19.2 Å². The van der Waals surface area contributed by atoms with Gasteiger partial charge in [-0.15, -0.1) is 13.2 Å². The minimum Gasteiger partial charge on any atom is -0.471 e. The second-order valence-electron chi connectivity index (χ2n) is 9.20. The van der Waals surface area contributed by atoms with Crippen LogP contribution in [0.1, 0.15) is 22.3 Å². The molecule has 220 valence electrons. The summed E-state index contributed by atoms with van der Waals surface area (Å²) in [6.45, 7) is -0.313. The van der Waals surface area contributed by atoms with Crippen molar-refractivity contribution in [1.29, 1.82) is 0 Å². The van der Waals surface area contributed by atoms with E-state index in [9.17, 15) is 31.4 Å². The Labute approximate surface area is 232 Å². The molecule has 3 atom stereocenters. The topological polar surface area (TPSA) is 130 Å². The highest BCUT2D eigenvalue weighted by Crippen LogP contribution is 2.29. The quantitative estimate of drug-likeness (QED) is 0.374. The van der Waals surface area contributed by atoms with Gasteiger partial charge in [-0.1, -0.05) is 6.07 Å². The van der Waals surface area contributed by atoms with Crippen molar-refractivity contribution >= 4 is 22.6 Å². The van der Waals surface area contributed by atoms with Gasteiger partial charge in [0, 0.05) is 53.5 Å². The van der Waals surface area contributed by atoms with Gasteiger partial charge in [0.25, 0.3) is 5.91 Å². The first-order valence-electron chi connectivity index (χ1n) is 12.0. The summed E-state index contributed by atoms with van der Waals surface area (Å²) >= 11 is 0. The maximum Gasteiger partial charge on any atom is 0.573 e. The van der Waals surface area contributed by atoms with Crippen molar-refractivity contribution in [3.05, 3.63) is 59.8 Å². The van der Waals surface area contributed by atoms with Crippen LogP contribution in [-0.2, 0) is 27.9 Å². The van der Waals surface area contributed by atoms with Gasteiger partial charge in [-0.05, 0) is 23.8 Å². The smallest absolute Gasteiger partial charge is 0.471 e. The van der Waals surface area contributed by atoms with E-state index in [-0.39, 0.29) is 48.8 Å². The van der Waals surface area contributed by atoms with Crippen LogP contribution < -0.4 is 15.2 Å². The van der Waals surface area contributed by atoms with Crippen molar-refractivity contribution in [3.63, 3.8) is 0 Å². The number of nitrogens with two attached hydrogens (primary N) is 1. The average molecular weight is 602 g/mol. The van der Waals surface area contributed by atoms with E-state index in [4.69, 9.17) is 10.5 Å². The zero-order chi connectivity index (χ0) is 29.9. The number of ether oxygens (including phenoxy) is 2. The lowest BCUT2D eigenvalue weighted by Gasteiger charge is -2.34. The largest absolute Gasteiger partial charge is 0.573 e. The number of pyridine rings is 1. The number of likely N-dealkylation sites (tertiary alicyclic amines) is 1. The minimum absolute atomic E-state index is 0.0300. The maximum absolute atomic E-state index is 15.1. The molecule has 16 heteroatoms. The summed E-state index contributed by atoms with van der Waals surface area (Å²) in [7, 11) is -1.13. The van der Waals surface area contributed by atoms with Gasteiger partial charge in [-0.25, -0.2) is 13.8 Å². The second-order valence-corrected chi connectivity index (χ2v) is 10.6. The third-order valence-electron chi connectivity index (χ3n) is 6.07. The van der Waals surface area contributed by atoms with Crippen LogP contribution in [-0.4, -0.2) is 73.7 Å². The van der Waals surface area contributed by atoms with Gasteiger partial charge < -0.3 is 20.1 Å². The molecule has 0 spiro atoms. The van der Waals surface area contributed by atoms with E-state index in [1.165, 1.54) is 34.3 Å². The van der Waals surface area contributed by atoms with Crippen LogP contribution >= 0.6 is 0 Å².